The van der Waals surface area contributed by atoms with Crippen molar-refractivity contribution in [2.24, 2.45) is 5.92 Å². The van der Waals surface area contributed by atoms with E-state index in [1.165, 1.54) is 30.4 Å². The standard InChI is InChI=1S/C15H19NO5/c1-9(2)7-11(15(20)21)16-14(19)6-4-10-3-5-12(17)13(18)8-10/h3-6,8-9,11,17-18H,7H2,1-2H3,(H,16,19)(H,20,21)/b6-4+. The number of amides is 1. The minimum atomic E-state index is -1.08. The molecule has 0 aliphatic rings. The van der Waals surface area contributed by atoms with Crippen LogP contribution in [0.1, 0.15) is 25.8 Å². The van der Waals surface area contributed by atoms with Gasteiger partial charge < -0.3 is 20.6 Å². The number of carboxylic acid groups (broad SMARTS) is 1. The van der Waals surface area contributed by atoms with Gasteiger partial charge in [-0.3, -0.25) is 4.79 Å². The normalized spacial score (nSPS) is 12.5. The second-order valence-corrected chi connectivity index (χ2v) is 5.11. The molecule has 4 N–H and O–H groups in total. The summed E-state index contributed by atoms with van der Waals surface area (Å²) in [4.78, 5) is 22.7. The zero-order valence-electron chi connectivity index (χ0n) is 11.9. The number of hydrogen-bond donors (Lipinski definition) is 4. The molecule has 1 rings (SSSR count). The molecular formula is C15H19NO5. The highest BCUT2D eigenvalue weighted by molar-refractivity contribution is 5.94. The molecule has 6 nitrogen and oxygen atoms in total. The van der Waals surface area contributed by atoms with E-state index in [9.17, 15) is 14.7 Å². The molecule has 1 atom stereocenters. The van der Waals surface area contributed by atoms with Gasteiger partial charge in [0, 0.05) is 6.08 Å². The van der Waals surface area contributed by atoms with E-state index in [1.807, 2.05) is 13.8 Å². The van der Waals surface area contributed by atoms with E-state index in [-0.39, 0.29) is 17.4 Å². The Kier molecular flexibility index (Phi) is 5.78. The van der Waals surface area contributed by atoms with Crippen LogP contribution in [0.4, 0.5) is 0 Å². The van der Waals surface area contributed by atoms with Gasteiger partial charge in [0.25, 0.3) is 0 Å². The Morgan fingerprint density at radius 2 is 1.90 bits per heavy atom. The van der Waals surface area contributed by atoms with Crippen molar-refractivity contribution < 1.29 is 24.9 Å². The first-order valence-electron chi connectivity index (χ1n) is 6.53. The molecule has 1 aromatic rings. The monoisotopic (exact) mass is 293 g/mol. The molecule has 1 amide bonds. The largest absolute Gasteiger partial charge is 0.504 e. The Morgan fingerprint density at radius 3 is 2.43 bits per heavy atom. The van der Waals surface area contributed by atoms with E-state index in [0.717, 1.165) is 0 Å². The van der Waals surface area contributed by atoms with Crippen LogP contribution in [0.3, 0.4) is 0 Å². The third-order valence-corrected chi connectivity index (χ3v) is 2.75. The van der Waals surface area contributed by atoms with Crippen molar-refractivity contribution >= 4 is 18.0 Å². The molecule has 114 valence electrons. The van der Waals surface area contributed by atoms with E-state index < -0.39 is 17.9 Å². The van der Waals surface area contributed by atoms with Crippen LogP contribution in [-0.2, 0) is 9.59 Å². The number of carbonyl (C=O) groups is 2. The Bertz CT molecular complexity index is 551. The van der Waals surface area contributed by atoms with Crippen LogP contribution in [0.15, 0.2) is 24.3 Å². The van der Waals surface area contributed by atoms with Crippen LogP contribution in [-0.4, -0.2) is 33.2 Å². The lowest BCUT2D eigenvalue weighted by Crippen LogP contribution is -2.40. The summed E-state index contributed by atoms with van der Waals surface area (Å²) < 4.78 is 0. The second-order valence-electron chi connectivity index (χ2n) is 5.11. The topological polar surface area (TPSA) is 107 Å². The molecule has 0 saturated heterocycles. The first-order chi connectivity index (χ1) is 9.79. The molecule has 0 saturated carbocycles. The first kappa shape index (κ1) is 16.6. The van der Waals surface area contributed by atoms with Gasteiger partial charge in [-0.25, -0.2) is 4.79 Å². The minimum absolute atomic E-state index is 0.143. The van der Waals surface area contributed by atoms with Gasteiger partial charge in [-0.2, -0.15) is 0 Å². The van der Waals surface area contributed by atoms with Crippen molar-refractivity contribution in [3.63, 3.8) is 0 Å². The number of phenolic OH excluding ortho intramolecular Hbond substituents is 2. The third kappa shape index (κ3) is 5.56. The van der Waals surface area contributed by atoms with Crippen LogP contribution >= 0.6 is 0 Å². The maximum absolute atomic E-state index is 11.7. The van der Waals surface area contributed by atoms with Gasteiger partial charge in [0.1, 0.15) is 6.04 Å². The van der Waals surface area contributed by atoms with Crippen molar-refractivity contribution in [1.29, 1.82) is 0 Å². The summed E-state index contributed by atoms with van der Waals surface area (Å²) in [5.41, 5.74) is 0.510. The summed E-state index contributed by atoms with van der Waals surface area (Å²) in [6.45, 7) is 3.74. The highest BCUT2D eigenvalue weighted by atomic mass is 16.4. The fraction of sp³-hybridized carbons (Fsp3) is 0.333. The number of aliphatic carboxylic acids is 1. The Balaban J connectivity index is 2.68. The number of nitrogens with one attached hydrogen (secondary N) is 1. The third-order valence-electron chi connectivity index (χ3n) is 2.75. The predicted octanol–water partition coefficient (Wildman–Crippen LogP) is 1.73. The van der Waals surface area contributed by atoms with E-state index in [2.05, 4.69) is 5.32 Å². The molecule has 6 heteroatoms. The highest BCUT2D eigenvalue weighted by Gasteiger charge is 2.19. The highest BCUT2D eigenvalue weighted by Crippen LogP contribution is 2.25. The van der Waals surface area contributed by atoms with E-state index in [4.69, 9.17) is 10.2 Å². The minimum Gasteiger partial charge on any atom is -0.504 e. The lowest BCUT2D eigenvalue weighted by atomic mass is 10.0. The maximum atomic E-state index is 11.7. The zero-order valence-corrected chi connectivity index (χ0v) is 11.9. The number of hydrogen-bond acceptors (Lipinski definition) is 4. The molecule has 1 unspecified atom stereocenters. The SMILES string of the molecule is CC(C)CC(NC(=O)/C=C/c1ccc(O)c(O)c1)C(=O)O. The van der Waals surface area contributed by atoms with Gasteiger partial charge in [0.05, 0.1) is 0 Å². The molecule has 0 radical (unpaired) electrons. The van der Waals surface area contributed by atoms with Crippen LogP contribution < -0.4 is 5.32 Å². The lowest BCUT2D eigenvalue weighted by molar-refractivity contribution is -0.141. The molecule has 0 spiro atoms. The zero-order chi connectivity index (χ0) is 16.0. The van der Waals surface area contributed by atoms with Crippen LogP contribution in [0.2, 0.25) is 0 Å². The number of carboxylic acids is 1. The van der Waals surface area contributed by atoms with Crippen LogP contribution in [0, 0.1) is 5.92 Å². The summed E-state index contributed by atoms with van der Waals surface area (Å²) in [6.07, 6.45) is 2.94. The molecule has 1 aromatic carbocycles. The smallest absolute Gasteiger partial charge is 0.326 e. The van der Waals surface area contributed by atoms with E-state index in [1.54, 1.807) is 0 Å². The van der Waals surface area contributed by atoms with Gasteiger partial charge in [-0.1, -0.05) is 19.9 Å². The molecule has 0 heterocycles. The van der Waals surface area contributed by atoms with Crippen molar-refractivity contribution in [3.05, 3.63) is 29.8 Å². The summed E-state index contributed by atoms with van der Waals surface area (Å²) in [5.74, 6) is -2.01. The fourth-order valence-corrected chi connectivity index (χ4v) is 1.73. The van der Waals surface area contributed by atoms with E-state index in [0.29, 0.717) is 12.0 Å². The maximum Gasteiger partial charge on any atom is 0.326 e. The average Bonchev–Trinajstić information content (AvgIpc) is 2.38. The Hall–Kier alpha value is -2.50. The van der Waals surface area contributed by atoms with Crippen molar-refractivity contribution in [2.75, 3.05) is 0 Å². The van der Waals surface area contributed by atoms with Crippen molar-refractivity contribution in [3.8, 4) is 11.5 Å². The van der Waals surface area contributed by atoms with Gasteiger partial charge in [0.2, 0.25) is 5.91 Å². The predicted molar refractivity (Wildman–Crippen MR) is 77.8 cm³/mol. The molecule has 0 aromatic heterocycles. The Labute approximate surface area is 122 Å². The second kappa shape index (κ2) is 7.33. The fourth-order valence-electron chi connectivity index (χ4n) is 1.73. The van der Waals surface area contributed by atoms with Gasteiger partial charge in [-0.05, 0) is 36.1 Å². The van der Waals surface area contributed by atoms with Crippen molar-refractivity contribution in [1.82, 2.24) is 5.32 Å². The molecule has 0 aliphatic carbocycles. The number of carbonyl (C=O) groups excluding carboxylic acids is 1. The number of aromatic hydroxyl groups is 2. The summed E-state index contributed by atoms with van der Waals surface area (Å²) in [6, 6.07) is 3.17. The van der Waals surface area contributed by atoms with Gasteiger partial charge >= 0.3 is 5.97 Å². The van der Waals surface area contributed by atoms with Gasteiger partial charge in [-0.15, -0.1) is 0 Å². The molecule has 0 fully saturated rings. The molecule has 21 heavy (non-hydrogen) atoms. The molecular weight excluding hydrogens is 274 g/mol. The summed E-state index contributed by atoms with van der Waals surface area (Å²) in [7, 11) is 0. The first-order valence-corrected chi connectivity index (χ1v) is 6.53. The molecule has 0 bridgehead atoms. The van der Waals surface area contributed by atoms with Gasteiger partial charge in [0.15, 0.2) is 11.5 Å². The lowest BCUT2D eigenvalue weighted by Gasteiger charge is -2.15. The number of benzene rings is 1. The van der Waals surface area contributed by atoms with Crippen LogP contribution in [0.25, 0.3) is 6.08 Å². The summed E-state index contributed by atoms with van der Waals surface area (Å²) in [5, 5.41) is 29.9. The quantitative estimate of drug-likeness (QED) is 0.472. The van der Waals surface area contributed by atoms with Crippen LogP contribution in [0.5, 0.6) is 11.5 Å². The Morgan fingerprint density at radius 1 is 1.24 bits per heavy atom. The number of phenols is 2. The molecule has 0 aliphatic heterocycles. The van der Waals surface area contributed by atoms with E-state index >= 15 is 0 Å². The average molecular weight is 293 g/mol. The van der Waals surface area contributed by atoms with Crippen molar-refractivity contribution in [2.45, 2.75) is 26.3 Å². The summed E-state index contributed by atoms with van der Waals surface area (Å²) >= 11 is 0. The number of rotatable bonds is 6.